The molecule has 7 atom stereocenters. The highest BCUT2D eigenvalue weighted by molar-refractivity contribution is 5.90. The van der Waals surface area contributed by atoms with Crippen molar-refractivity contribution in [2.45, 2.75) is 59.3 Å². The smallest absolute Gasteiger partial charge is 0.315 e. The van der Waals surface area contributed by atoms with Gasteiger partial charge in [0.05, 0.1) is 12.0 Å². The monoisotopic (exact) mass is 404 g/mol. The molecule has 0 saturated heterocycles. The van der Waals surface area contributed by atoms with Gasteiger partial charge in [-0.1, -0.05) is 38.8 Å². The maximum Gasteiger partial charge on any atom is 0.315 e. The van der Waals surface area contributed by atoms with Gasteiger partial charge in [-0.05, 0) is 61.7 Å². The molecule has 0 spiro atoms. The third kappa shape index (κ3) is 2.40. The van der Waals surface area contributed by atoms with Gasteiger partial charge in [-0.2, -0.15) is 0 Å². The van der Waals surface area contributed by atoms with Gasteiger partial charge in [0, 0.05) is 18.6 Å². The van der Waals surface area contributed by atoms with E-state index in [2.05, 4.69) is 26.8 Å². The summed E-state index contributed by atoms with van der Waals surface area (Å²) in [4.78, 5) is 26.1. The second-order valence-electron chi connectivity index (χ2n) is 10.5. The summed E-state index contributed by atoms with van der Waals surface area (Å²) >= 11 is 0. The summed E-state index contributed by atoms with van der Waals surface area (Å²) in [5, 5.41) is 19.9. The fourth-order valence-corrected chi connectivity index (χ4v) is 8.20. The predicted molar refractivity (Wildman–Crippen MR) is 109 cm³/mol. The molecule has 0 aromatic heterocycles. The van der Waals surface area contributed by atoms with Crippen LogP contribution >= 0.6 is 0 Å². The Balaban J connectivity index is 1.82. The second kappa shape index (κ2) is 7.19. The topological polar surface area (TPSA) is 83.8 Å². The molecular formula is C24H36O5. The van der Waals surface area contributed by atoms with Crippen LogP contribution in [0.3, 0.4) is 0 Å². The van der Waals surface area contributed by atoms with Crippen molar-refractivity contribution >= 4 is 12.3 Å². The number of aliphatic carboxylic acids is 1. The zero-order valence-electron chi connectivity index (χ0n) is 18.0. The highest BCUT2D eigenvalue weighted by atomic mass is 16.5. The molecule has 4 bridgehead atoms. The highest BCUT2D eigenvalue weighted by Gasteiger charge is 2.84. The van der Waals surface area contributed by atoms with E-state index in [-0.39, 0.29) is 24.4 Å². The van der Waals surface area contributed by atoms with E-state index < -0.39 is 22.2 Å². The summed E-state index contributed by atoms with van der Waals surface area (Å²) in [6, 6.07) is 0. The van der Waals surface area contributed by atoms with Crippen molar-refractivity contribution in [1.29, 1.82) is 0 Å². The lowest BCUT2D eigenvalue weighted by Crippen LogP contribution is -2.63. The molecule has 162 valence electrons. The Hall–Kier alpha value is -1.20. The molecule has 3 fully saturated rings. The summed E-state index contributed by atoms with van der Waals surface area (Å²) in [6.45, 7) is 7.47. The quantitative estimate of drug-likeness (QED) is 0.348. The number of carboxylic acids is 1. The molecule has 0 unspecified atom stereocenters. The number of hydrogen-bond acceptors (Lipinski definition) is 4. The van der Waals surface area contributed by atoms with Crippen molar-refractivity contribution in [2.24, 2.45) is 45.8 Å². The third-order valence-electron chi connectivity index (χ3n) is 9.18. The minimum Gasteiger partial charge on any atom is -0.481 e. The van der Waals surface area contributed by atoms with Crippen molar-refractivity contribution in [1.82, 2.24) is 0 Å². The number of rotatable bonds is 9. The van der Waals surface area contributed by atoms with Gasteiger partial charge in [0.25, 0.3) is 0 Å². The zero-order chi connectivity index (χ0) is 21.0. The number of allylic oxidation sites excluding steroid dienone is 1. The number of carboxylic acid groups (broad SMARTS) is 1. The van der Waals surface area contributed by atoms with Gasteiger partial charge < -0.3 is 19.7 Å². The molecule has 0 heterocycles. The van der Waals surface area contributed by atoms with E-state index >= 15 is 0 Å². The van der Waals surface area contributed by atoms with Crippen molar-refractivity contribution in [3.63, 3.8) is 0 Å². The third-order valence-corrected chi connectivity index (χ3v) is 9.18. The summed E-state index contributed by atoms with van der Waals surface area (Å²) in [6.07, 6.45) is 8.28. The molecule has 0 aliphatic heterocycles. The van der Waals surface area contributed by atoms with Crippen molar-refractivity contribution < 1.29 is 24.5 Å². The molecule has 29 heavy (non-hydrogen) atoms. The fraction of sp³-hybridized carbons (Fsp3) is 0.833. The Morgan fingerprint density at radius 3 is 2.69 bits per heavy atom. The van der Waals surface area contributed by atoms with Crippen LogP contribution in [0.5, 0.6) is 0 Å². The molecule has 5 nitrogen and oxygen atoms in total. The molecule has 0 aromatic carbocycles. The first kappa shape index (κ1) is 21.0. The number of hydrogen-bond donors (Lipinski definition) is 2. The summed E-state index contributed by atoms with van der Waals surface area (Å²) in [5.41, 5.74) is -1.51. The van der Waals surface area contributed by atoms with Gasteiger partial charge in [0.1, 0.15) is 11.7 Å². The molecule has 4 aliphatic carbocycles. The predicted octanol–water partition coefficient (Wildman–Crippen LogP) is 3.70. The number of unbranched alkanes of at least 4 members (excludes halogenated alkanes) is 1. The molecule has 0 radical (unpaired) electrons. The van der Waals surface area contributed by atoms with Gasteiger partial charge in [0.15, 0.2) is 0 Å². The minimum atomic E-state index is -1.14. The maximum atomic E-state index is 13.2. The largest absolute Gasteiger partial charge is 0.481 e. The van der Waals surface area contributed by atoms with E-state index in [4.69, 9.17) is 9.84 Å². The molecule has 2 N–H and O–H groups in total. The van der Waals surface area contributed by atoms with Crippen LogP contribution in [-0.4, -0.2) is 42.3 Å². The molecule has 0 aromatic rings. The Morgan fingerprint density at radius 1 is 1.31 bits per heavy atom. The van der Waals surface area contributed by atoms with Crippen LogP contribution in [0.25, 0.3) is 0 Å². The van der Waals surface area contributed by atoms with Crippen LogP contribution in [0, 0.1) is 45.8 Å². The highest BCUT2D eigenvalue weighted by Crippen LogP contribution is 2.82. The molecule has 5 heteroatoms. The summed E-state index contributed by atoms with van der Waals surface area (Å²) in [5.74, 6) is 0.470. The normalized spacial score (nSPS) is 44.8. The number of aliphatic hydroxyl groups excluding tert-OH is 1. The van der Waals surface area contributed by atoms with Gasteiger partial charge in [-0.25, -0.2) is 0 Å². The van der Waals surface area contributed by atoms with E-state index in [0.717, 1.165) is 37.5 Å². The lowest BCUT2D eigenvalue weighted by atomic mass is 9.43. The zero-order valence-corrected chi connectivity index (χ0v) is 18.0. The van der Waals surface area contributed by atoms with Gasteiger partial charge in [-0.3, -0.25) is 4.79 Å². The van der Waals surface area contributed by atoms with Crippen LogP contribution in [-0.2, 0) is 14.3 Å². The average molecular weight is 405 g/mol. The number of fused-ring (bicyclic) bond motifs is 2. The van der Waals surface area contributed by atoms with Crippen molar-refractivity contribution in [3.05, 3.63) is 11.6 Å². The van der Waals surface area contributed by atoms with Crippen LogP contribution in [0.2, 0.25) is 0 Å². The lowest BCUT2D eigenvalue weighted by Gasteiger charge is -2.58. The number of ether oxygens (including phenoxy) is 1. The van der Waals surface area contributed by atoms with Crippen molar-refractivity contribution in [3.8, 4) is 0 Å². The minimum absolute atomic E-state index is 0.0943. The SMILES string of the molecule is CC(C)C1=C[C@@H]2C[C@@]3(C=O)[C@H]4CC[C@H](C)[C@@H]4C[C@]2(COCCCCO)[C@@]13C(=O)O. The maximum absolute atomic E-state index is 13.2. The molecule has 0 amide bonds. The molecular weight excluding hydrogens is 368 g/mol. The number of carbonyl (C=O) groups is 2. The Bertz CT molecular complexity index is 714. The first-order valence-corrected chi connectivity index (χ1v) is 11.4. The van der Waals surface area contributed by atoms with Crippen LogP contribution < -0.4 is 0 Å². The van der Waals surface area contributed by atoms with Crippen molar-refractivity contribution in [2.75, 3.05) is 19.8 Å². The van der Waals surface area contributed by atoms with E-state index in [1.807, 2.05) is 0 Å². The molecule has 3 saturated carbocycles. The Morgan fingerprint density at radius 2 is 2.07 bits per heavy atom. The van der Waals surface area contributed by atoms with Crippen LogP contribution in [0.15, 0.2) is 11.6 Å². The molecule has 4 rings (SSSR count). The number of carbonyl (C=O) groups excluding carboxylic acids is 1. The van der Waals surface area contributed by atoms with Gasteiger partial charge in [-0.15, -0.1) is 0 Å². The Kier molecular flexibility index (Phi) is 5.22. The first-order chi connectivity index (χ1) is 13.8. The van der Waals surface area contributed by atoms with E-state index in [0.29, 0.717) is 37.9 Å². The number of aldehydes is 1. The van der Waals surface area contributed by atoms with E-state index in [1.165, 1.54) is 0 Å². The molecule has 4 aliphatic rings. The standard InChI is InChI=1S/C24H36O5/c1-15(2)20-10-17-11-22(13-26)19-7-6-16(3)18(19)12-23(17,24(20,22)21(27)28)14-29-9-5-4-8-25/h10,13,15-19,25H,4-9,11-12,14H2,1-3H3,(H,27,28)/t16-,17+,18-,19-,22+,23+,24+/m0/s1. The second-order valence-corrected chi connectivity index (χ2v) is 10.5. The number of aliphatic hydroxyl groups is 1. The fourth-order valence-electron chi connectivity index (χ4n) is 8.20. The van der Waals surface area contributed by atoms with E-state index in [9.17, 15) is 14.7 Å². The van der Waals surface area contributed by atoms with Crippen LogP contribution in [0.1, 0.15) is 59.3 Å². The van der Waals surface area contributed by atoms with Crippen LogP contribution in [0.4, 0.5) is 0 Å². The average Bonchev–Trinajstić information content (AvgIpc) is 3.25. The Labute approximate surface area is 173 Å². The first-order valence-electron chi connectivity index (χ1n) is 11.4. The van der Waals surface area contributed by atoms with Gasteiger partial charge >= 0.3 is 5.97 Å². The van der Waals surface area contributed by atoms with E-state index in [1.54, 1.807) is 0 Å². The summed E-state index contributed by atoms with van der Waals surface area (Å²) < 4.78 is 6.13. The lowest BCUT2D eigenvalue weighted by molar-refractivity contribution is -0.186. The van der Waals surface area contributed by atoms with Gasteiger partial charge in [0.2, 0.25) is 0 Å². The summed E-state index contributed by atoms with van der Waals surface area (Å²) in [7, 11) is 0.